The molecule has 5 heteroatoms. The van der Waals surface area contributed by atoms with Crippen LogP contribution in [0.2, 0.25) is 0 Å². The summed E-state index contributed by atoms with van der Waals surface area (Å²) in [6, 6.07) is 7.16. The summed E-state index contributed by atoms with van der Waals surface area (Å²) in [5, 5.41) is 8.73. The molecule has 0 aliphatic carbocycles. The van der Waals surface area contributed by atoms with Crippen LogP contribution in [-0.4, -0.2) is 19.3 Å². The Morgan fingerprint density at radius 3 is 2.75 bits per heavy atom. The minimum atomic E-state index is -0.428. The SMILES string of the molecule is CC1(C)COB(c2ccc(C#N)cc2N)O1. The highest BCUT2D eigenvalue weighted by Gasteiger charge is 2.39. The van der Waals surface area contributed by atoms with Gasteiger partial charge in [0.2, 0.25) is 0 Å². The van der Waals surface area contributed by atoms with Crippen molar-refractivity contribution in [1.29, 1.82) is 5.26 Å². The number of hydrogen-bond acceptors (Lipinski definition) is 4. The van der Waals surface area contributed by atoms with Gasteiger partial charge in [0, 0.05) is 11.2 Å². The Kier molecular flexibility index (Phi) is 2.62. The predicted octanol–water partition coefficient (Wildman–Crippen LogP) is 0.661. The van der Waals surface area contributed by atoms with Gasteiger partial charge in [0.15, 0.2) is 0 Å². The number of nitrogens with zero attached hydrogens (tertiary/aromatic N) is 1. The molecule has 0 atom stereocenters. The van der Waals surface area contributed by atoms with Gasteiger partial charge < -0.3 is 15.0 Å². The first-order valence-corrected chi connectivity index (χ1v) is 5.11. The second-order valence-electron chi connectivity index (χ2n) is 4.48. The van der Waals surface area contributed by atoms with E-state index in [1.54, 1.807) is 18.2 Å². The summed E-state index contributed by atoms with van der Waals surface area (Å²) in [6.07, 6.45) is 0. The molecule has 1 aliphatic rings. The molecule has 1 aromatic rings. The summed E-state index contributed by atoms with van der Waals surface area (Å²) in [7, 11) is -0.428. The average molecular weight is 216 g/mol. The topological polar surface area (TPSA) is 68.3 Å². The first kappa shape index (κ1) is 11.0. The lowest BCUT2D eigenvalue weighted by Crippen LogP contribution is -2.36. The van der Waals surface area contributed by atoms with Crippen LogP contribution in [0.3, 0.4) is 0 Å². The summed E-state index contributed by atoms with van der Waals surface area (Å²) in [4.78, 5) is 0. The van der Waals surface area contributed by atoms with Crippen LogP contribution in [0.25, 0.3) is 0 Å². The molecule has 2 rings (SSSR count). The molecule has 0 aromatic heterocycles. The standard InChI is InChI=1S/C11H13BN2O2/c1-11(2)7-15-12(16-11)9-4-3-8(6-13)5-10(9)14/h3-5H,7,14H2,1-2H3. The van der Waals surface area contributed by atoms with E-state index in [4.69, 9.17) is 20.3 Å². The summed E-state index contributed by atoms with van der Waals surface area (Å²) in [5.41, 5.74) is 7.42. The van der Waals surface area contributed by atoms with Gasteiger partial charge in [0.1, 0.15) is 0 Å². The molecule has 1 heterocycles. The lowest BCUT2D eigenvalue weighted by Gasteiger charge is -2.16. The van der Waals surface area contributed by atoms with Gasteiger partial charge in [-0.15, -0.1) is 0 Å². The Hall–Kier alpha value is -1.51. The van der Waals surface area contributed by atoms with Crippen molar-refractivity contribution >= 4 is 18.3 Å². The Bertz CT molecular complexity index is 454. The molecule has 1 aromatic carbocycles. The third-order valence-corrected chi connectivity index (χ3v) is 2.48. The van der Waals surface area contributed by atoms with E-state index in [9.17, 15) is 0 Å². The normalized spacial score (nSPS) is 18.4. The highest BCUT2D eigenvalue weighted by atomic mass is 16.7. The molecule has 0 spiro atoms. The second-order valence-corrected chi connectivity index (χ2v) is 4.48. The number of rotatable bonds is 1. The largest absolute Gasteiger partial charge is 0.496 e. The molecule has 0 unspecified atom stereocenters. The van der Waals surface area contributed by atoms with Crippen LogP contribution in [0.1, 0.15) is 19.4 Å². The molecule has 1 saturated heterocycles. The lowest BCUT2D eigenvalue weighted by atomic mass is 9.77. The molecular formula is C11H13BN2O2. The van der Waals surface area contributed by atoms with E-state index < -0.39 is 7.12 Å². The summed E-state index contributed by atoms with van der Waals surface area (Å²) in [6.45, 7) is 4.47. The van der Waals surface area contributed by atoms with E-state index >= 15 is 0 Å². The smallest absolute Gasteiger partial charge is 0.404 e. The van der Waals surface area contributed by atoms with Crippen molar-refractivity contribution in [1.82, 2.24) is 0 Å². The van der Waals surface area contributed by atoms with Crippen molar-refractivity contribution < 1.29 is 9.31 Å². The van der Waals surface area contributed by atoms with Gasteiger partial charge in [-0.2, -0.15) is 5.26 Å². The number of nitriles is 1. The molecule has 0 bridgehead atoms. The van der Waals surface area contributed by atoms with Crippen LogP contribution in [0.4, 0.5) is 5.69 Å². The molecule has 0 amide bonds. The van der Waals surface area contributed by atoms with Crippen molar-refractivity contribution in [2.75, 3.05) is 12.3 Å². The summed E-state index contributed by atoms with van der Waals surface area (Å²) < 4.78 is 11.2. The van der Waals surface area contributed by atoms with Gasteiger partial charge in [-0.05, 0) is 26.0 Å². The minimum absolute atomic E-state index is 0.287. The third-order valence-electron chi connectivity index (χ3n) is 2.48. The van der Waals surface area contributed by atoms with Gasteiger partial charge in [-0.1, -0.05) is 6.07 Å². The maximum atomic E-state index is 8.73. The van der Waals surface area contributed by atoms with Crippen LogP contribution < -0.4 is 11.2 Å². The Labute approximate surface area is 95.1 Å². The van der Waals surface area contributed by atoms with E-state index in [2.05, 4.69) is 0 Å². The number of nitrogen functional groups attached to an aromatic ring is 1. The number of hydrogen-bond donors (Lipinski definition) is 1. The Balaban J connectivity index is 2.26. The highest BCUT2D eigenvalue weighted by Crippen LogP contribution is 2.20. The Morgan fingerprint density at radius 2 is 2.25 bits per heavy atom. The molecule has 4 nitrogen and oxygen atoms in total. The molecule has 16 heavy (non-hydrogen) atoms. The average Bonchev–Trinajstić information content (AvgIpc) is 2.58. The number of nitrogens with two attached hydrogens (primary N) is 1. The third kappa shape index (κ3) is 2.03. The van der Waals surface area contributed by atoms with Crippen LogP contribution in [0.15, 0.2) is 18.2 Å². The van der Waals surface area contributed by atoms with Crippen molar-refractivity contribution in [2.24, 2.45) is 0 Å². The van der Waals surface area contributed by atoms with Crippen molar-refractivity contribution in [2.45, 2.75) is 19.4 Å². The fourth-order valence-electron chi connectivity index (χ4n) is 1.65. The monoisotopic (exact) mass is 216 g/mol. The van der Waals surface area contributed by atoms with E-state index in [1.165, 1.54) is 0 Å². The van der Waals surface area contributed by atoms with E-state index in [0.29, 0.717) is 17.9 Å². The van der Waals surface area contributed by atoms with E-state index in [0.717, 1.165) is 5.46 Å². The maximum absolute atomic E-state index is 8.73. The number of anilines is 1. The zero-order valence-electron chi connectivity index (χ0n) is 9.36. The maximum Gasteiger partial charge on any atom is 0.496 e. The van der Waals surface area contributed by atoms with Gasteiger partial charge in [0.25, 0.3) is 0 Å². The summed E-state index contributed by atoms with van der Waals surface area (Å²) >= 11 is 0. The first-order chi connectivity index (χ1) is 7.52. The molecule has 1 aliphatic heterocycles. The van der Waals surface area contributed by atoms with Crippen LogP contribution in [-0.2, 0) is 9.31 Å². The molecule has 0 radical (unpaired) electrons. The van der Waals surface area contributed by atoms with Crippen LogP contribution >= 0.6 is 0 Å². The minimum Gasteiger partial charge on any atom is -0.404 e. The van der Waals surface area contributed by atoms with Gasteiger partial charge in [0.05, 0.1) is 23.8 Å². The number of benzene rings is 1. The molecule has 82 valence electrons. The van der Waals surface area contributed by atoms with Gasteiger partial charge in [-0.25, -0.2) is 0 Å². The van der Waals surface area contributed by atoms with Crippen LogP contribution in [0.5, 0.6) is 0 Å². The molecular weight excluding hydrogens is 203 g/mol. The first-order valence-electron chi connectivity index (χ1n) is 5.11. The molecule has 2 N–H and O–H groups in total. The zero-order valence-corrected chi connectivity index (χ0v) is 9.36. The zero-order chi connectivity index (χ0) is 11.8. The second kappa shape index (κ2) is 3.82. The van der Waals surface area contributed by atoms with E-state index in [1.807, 2.05) is 19.9 Å². The lowest BCUT2D eigenvalue weighted by molar-refractivity contribution is 0.137. The van der Waals surface area contributed by atoms with Gasteiger partial charge >= 0.3 is 7.12 Å². The van der Waals surface area contributed by atoms with Crippen molar-refractivity contribution in [3.63, 3.8) is 0 Å². The fourth-order valence-corrected chi connectivity index (χ4v) is 1.65. The fraction of sp³-hybridized carbons (Fsp3) is 0.364. The van der Waals surface area contributed by atoms with Gasteiger partial charge in [-0.3, -0.25) is 0 Å². The summed E-state index contributed by atoms with van der Waals surface area (Å²) in [5.74, 6) is 0. The van der Waals surface area contributed by atoms with E-state index in [-0.39, 0.29) is 5.60 Å². The van der Waals surface area contributed by atoms with Crippen molar-refractivity contribution in [3.8, 4) is 6.07 Å². The quantitative estimate of drug-likeness (QED) is 0.553. The molecule has 1 fully saturated rings. The Morgan fingerprint density at radius 1 is 1.50 bits per heavy atom. The predicted molar refractivity (Wildman–Crippen MR) is 62.1 cm³/mol. The van der Waals surface area contributed by atoms with Crippen molar-refractivity contribution in [3.05, 3.63) is 23.8 Å². The highest BCUT2D eigenvalue weighted by molar-refractivity contribution is 6.63. The molecule has 0 saturated carbocycles. The van der Waals surface area contributed by atoms with Crippen LogP contribution in [0, 0.1) is 11.3 Å².